The number of carbonyl (C=O) groups excluding carboxylic acids is 1. The topological polar surface area (TPSA) is 43.1 Å². The van der Waals surface area contributed by atoms with E-state index in [4.69, 9.17) is 17.3 Å². The monoisotopic (exact) mass is 419 g/mol. The first-order chi connectivity index (χ1) is 14.4. The number of hydrogen-bond donors (Lipinski definition) is 1. The van der Waals surface area contributed by atoms with Gasteiger partial charge in [0.25, 0.3) is 0 Å². The van der Waals surface area contributed by atoms with Gasteiger partial charge in [-0.3, -0.25) is 4.79 Å². The van der Waals surface area contributed by atoms with Gasteiger partial charge in [-0.05, 0) is 82.6 Å². The second-order valence-electron chi connectivity index (χ2n) is 7.02. The number of aryl methyl sites for hydroxylation is 1. The Hall–Kier alpha value is -3.17. The highest BCUT2D eigenvalue weighted by Gasteiger charge is 2.16. The van der Waals surface area contributed by atoms with Gasteiger partial charge in [-0.25, -0.2) is 4.39 Å². The Bertz CT molecular complexity index is 1130. The third-order valence-electron chi connectivity index (χ3n) is 5.04. The lowest BCUT2D eigenvalue weighted by Crippen LogP contribution is -1.98. The quantitative estimate of drug-likeness (QED) is 0.203. The number of carbonyl (C=O) groups is 1. The molecular formula is C26H23ClFNO. The molecular weight excluding hydrogens is 397 g/mol. The fraction of sp³-hybridized carbons (Fsp3) is 0.115. The van der Waals surface area contributed by atoms with Crippen molar-refractivity contribution < 1.29 is 9.18 Å². The summed E-state index contributed by atoms with van der Waals surface area (Å²) in [7, 11) is 0. The zero-order chi connectivity index (χ0) is 21.7. The molecule has 2 nitrogen and oxygen atoms in total. The second-order valence-corrected chi connectivity index (χ2v) is 7.43. The van der Waals surface area contributed by atoms with Crippen LogP contribution in [0.15, 0.2) is 66.7 Å². The first-order valence-corrected chi connectivity index (χ1v) is 10.1. The molecule has 0 aliphatic carbocycles. The maximum atomic E-state index is 13.7. The summed E-state index contributed by atoms with van der Waals surface area (Å²) in [5, 5.41) is 0.377. The van der Waals surface area contributed by atoms with Crippen LogP contribution in [0.25, 0.3) is 17.2 Å². The van der Waals surface area contributed by atoms with Gasteiger partial charge in [0.2, 0.25) is 0 Å². The lowest BCUT2D eigenvalue weighted by Gasteiger charge is -2.18. The predicted molar refractivity (Wildman–Crippen MR) is 125 cm³/mol. The number of hydrogen-bond acceptors (Lipinski definition) is 2. The number of halogens is 2. The molecule has 0 aliphatic rings. The molecule has 3 rings (SSSR count). The lowest BCUT2D eigenvalue weighted by atomic mass is 9.87. The van der Waals surface area contributed by atoms with E-state index in [1.807, 2.05) is 43.3 Å². The van der Waals surface area contributed by atoms with Crippen molar-refractivity contribution in [2.24, 2.45) is 0 Å². The Kier molecular flexibility index (Phi) is 6.86. The van der Waals surface area contributed by atoms with Crippen molar-refractivity contribution in [2.45, 2.75) is 20.3 Å². The van der Waals surface area contributed by atoms with Gasteiger partial charge in [-0.1, -0.05) is 61.0 Å². The molecule has 2 N–H and O–H groups in total. The summed E-state index contributed by atoms with van der Waals surface area (Å²) in [5.41, 5.74) is 13.5. The minimum atomic E-state index is -0.365. The highest BCUT2D eigenvalue weighted by molar-refractivity contribution is 6.32. The molecule has 0 radical (unpaired) electrons. The molecule has 0 spiro atoms. The largest absolute Gasteiger partial charge is 0.399 e. The average molecular weight is 420 g/mol. The van der Waals surface area contributed by atoms with Crippen LogP contribution in [0.1, 0.15) is 41.2 Å². The highest BCUT2D eigenvalue weighted by Crippen LogP contribution is 2.38. The van der Waals surface area contributed by atoms with Crippen molar-refractivity contribution in [3.63, 3.8) is 0 Å². The fourth-order valence-electron chi connectivity index (χ4n) is 3.49. The Labute approximate surface area is 181 Å². The van der Waals surface area contributed by atoms with Crippen LogP contribution in [-0.2, 0) is 4.79 Å². The fourth-order valence-corrected chi connectivity index (χ4v) is 3.78. The van der Waals surface area contributed by atoms with Crippen molar-refractivity contribution in [3.8, 4) is 0 Å². The van der Waals surface area contributed by atoms with Gasteiger partial charge in [0.1, 0.15) is 12.1 Å². The van der Waals surface area contributed by atoms with Gasteiger partial charge >= 0.3 is 0 Å². The van der Waals surface area contributed by atoms with E-state index in [0.29, 0.717) is 11.4 Å². The van der Waals surface area contributed by atoms with Gasteiger partial charge < -0.3 is 5.73 Å². The van der Waals surface area contributed by atoms with Crippen molar-refractivity contribution in [1.29, 1.82) is 0 Å². The lowest BCUT2D eigenvalue weighted by molar-refractivity contribution is -0.104. The zero-order valence-corrected chi connectivity index (χ0v) is 17.7. The molecule has 0 saturated heterocycles. The molecule has 152 valence electrons. The SMILES string of the molecule is CC/C(=C(/c1ccc(/C=C/C=O)cc1)c1ccc(N)c(C)c1)c1ccc(F)cc1Cl. The highest BCUT2D eigenvalue weighted by atomic mass is 35.5. The molecule has 0 amide bonds. The molecule has 3 aromatic rings. The van der Waals surface area contributed by atoms with Gasteiger partial charge in [0.05, 0.1) is 5.02 Å². The van der Waals surface area contributed by atoms with Crippen LogP contribution in [0.3, 0.4) is 0 Å². The molecule has 0 bridgehead atoms. The van der Waals surface area contributed by atoms with E-state index in [2.05, 4.69) is 13.0 Å². The zero-order valence-electron chi connectivity index (χ0n) is 17.0. The van der Waals surface area contributed by atoms with E-state index in [0.717, 1.165) is 50.9 Å². The first kappa shape index (κ1) is 21.5. The van der Waals surface area contributed by atoms with Crippen LogP contribution < -0.4 is 5.73 Å². The van der Waals surface area contributed by atoms with Crippen molar-refractivity contribution in [2.75, 3.05) is 5.73 Å². The summed E-state index contributed by atoms with van der Waals surface area (Å²) in [4.78, 5) is 10.6. The maximum absolute atomic E-state index is 13.7. The number of benzene rings is 3. The third kappa shape index (κ3) is 4.69. The predicted octanol–water partition coefficient (Wildman–Crippen LogP) is 6.95. The molecule has 30 heavy (non-hydrogen) atoms. The summed E-state index contributed by atoms with van der Waals surface area (Å²) in [6.45, 7) is 4.03. The summed E-state index contributed by atoms with van der Waals surface area (Å²) < 4.78 is 13.7. The summed E-state index contributed by atoms with van der Waals surface area (Å²) in [5.74, 6) is -0.365. The van der Waals surface area contributed by atoms with Crippen LogP contribution in [0.5, 0.6) is 0 Å². The Morgan fingerprint density at radius 1 is 1.03 bits per heavy atom. The molecule has 0 aromatic heterocycles. The first-order valence-electron chi connectivity index (χ1n) is 9.72. The van der Waals surface area contributed by atoms with Crippen LogP contribution in [-0.4, -0.2) is 6.29 Å². The standard InChI is InChI=1S/C26H23ClFNO/c1-3-22(23-12-11-21(28)16-24(23)27)26(20-10-13-25(29)17(2)15-20)19-8-6-18(7-9-19)5-4-14-30/h4-16H,3,29H2,1-2H3/b5-4+,26-22+. The summed E-state index contributed by atoms with van der Waals surface area (Å²) in [6.07, 6.45) is 4.68. The van der Waals surface area contributed by atoms with E-state index in [1.54, 1.807) is 12.1 Å². The molecule has 0 heterocycles. The minimum absolute atomic E-state index is 0.365. The van der Waals surface area contributed by atoms with E-state index in [1.165, 1.54) is 18.2 Å². The molecule has 0 unspecified atom stereocenters. The average Bonchev–Trinajstić information content (AvgIpc) is 2.74. The molecule has 0 saturated carbocycles. The maximum Gasteiger partial charge on any atom is 0.142 e. The third-order valence-corrected chi connectivity index (χ3v) is 5.35. The number of anilines is 1. The molecule has 4 heteroatoms. The number of aldehydes is 1. The van der Waals surface area contributed by atoms with Crippen molar-refractivity contribution >= 4 is 40.8 Å². The van der Waals surface area contributed by atoms with Crippen LogP contribution in [0.2, 0.25) is 5.02 Å². The second kappa shape index (κ2) is 9.55. The van der Waals surface area contributed by atoms with Gasteiger partial charge in [0, 0.05) is 5.69 Å². The van der Waals surface area contributed by atoms with Gasteiger partial charge in [-0.15, -0.1) is 0 Å². The van der Waals surface area contributed by atoms with Crippen molar-refractivity contribution in [3.05, 3.63) is 105 Å². The number of nitrogen functional groups attached to an aromatic ring is 1. The van der Waals surface area contributed by atoms with E-state index in [-0.39, 0.29) is 5.82 Å². The number of allylic oxidation sites excluding steroid dienone is 2. The summed E-state index contributed by atoms with van der Waals surface area (Å²) >= 11 is 6.42. The van der Waals surface area contributed by atoms with E-state index < -0.39 is 0 Å². The van der Waals surface area contributed by atoms with Gasteiger partial charge in [-0.2, -0.15) is 0 Å². The molecule has 0 fully saturated rings. The molecule has 3 aromatic carbocycles. The van der Waals surface area contributed by atoms with E-state index in [9.17, 15) is 9.18 Å². The van der Waals surface area contributed by atoms with Crippen LogP contribution >= 0.6 is 11.6 Å². The van der Waals surface area contributed by atoms with Crippen LogP contribution in [0, 0.1) is 12.7 Å². The Balaban J connectivity index is 2.27. The van der Waals surface area contributed by atoms with Crippen molar-refractivity contribution in [1.82, 2.24) is 0 Å². The van der Waals surface area contributed by atoms with Gasteiger partial charge in [0.15, 0.2) is 0 Å². The normalized spacial score (nSPS) is 12.1. The Morgan fingerprint density at radius 2 is 1.73 bits per heavy atom. The van der Waals surface area contributed by atoms with E-state index >= 15 is 0 Å². The number of rotatable bonds is 6. The minimum Gasteiger partial charge on any atom is -0.399 e. The smallest absolute Gasteiger partial charge is 0.142 e. The number of nitrogens with two attached hydrogens (primary N) is 1. The molecule has 0 atom stereocenters. The van der Waals surface area contributed by atoms with Crippen LogP contribution in [0.4, 0.5) is 10.1 Å². The molecule has 0 aliphatic heterocycles. The Morgan fingerprint density at radius 3 is 2.33 bits per heavy atom. The summed E-state index contributed by atoms with van der Waals surface area (Å²) in [6, 6.07) is 18.4.